The maximum atomic E-state index is 5.76. The lowest BCUT2D eigenvalue weighted by Crippen LogP contribution is -2.30. The Morgan fingerprint density at radius 3 is 3.10 bits per heavy atom. The van der Waals surface area contributed by atoms with E-state index < -0.39 is 0 Å². The molecule has 3 heteroatoms. The summed E-state index contributed by atoms with van der Waals surface area (Å²) in [4.78, 5) is 4.66. The topological polar surface area (TPSA) is 38.1 Å². The summed E-state index contributed by atoms with van der Waals surface area (Å²) in [5, 5.41) is 3.60. The Labute approximate surface area is 120 Å². The average Bonchev–Trinajstić information content (AvgIpc) is 2.90. The van der Waals surface area contributed by atoms with Gasteiger partial charge in [0.25, 0.3) is 0 Å². The monoisotopic (exact) mass is 270 g/mol. The molecule has 3 rings (SSSR count). The van der Waals surface area contributed by atoms with Crippen LogP contribution >= 0.6 is 0 Å². The zero-order chi connectivity index (χ0) is 13.9. The molecule has 0 radical (unpaired) electrons. The molecule has 20 heavy (non-hydrogen) atoms. The van der Waals surface area contributed by atoms with Crippen LogP contribution in [0.3, 0.4) is 0 Å². The second-order valence-electron chi connectivity index (χ2n) is 5.55. The van der Waals surface area contributed by atoms with Crippen molar-refractivity contribution in [2.45, 2.75) is 45.1 Å². The molecule has 0 aromatic carbocycles. The van der Waals surface area contributed by atoms with Gasteiger partial charge in [-0.1, -0.05) is 13.0 Å². The fourth-order valence-corrected chi connectivity index (χ4v) is 3.31. The first-order valence-corrected chi connectivity index (χ1v) is 7.52. The van der Waals surface area contributed by atoms with Gasteiger partial charge in [0.2, 0.25) is 0 Å². The van der Waals surface area contributed by atoms with Crippen LogP contribution < -0.4 is 5.32 Å². The van der Waals surface area contributed by atoms with Gasteiger partial charge in [0.05, 0.1) is 12.3 Å². The molecule has 0 aliphatic heterocycles. The van der Waals surface area contributed by atoms with Crippen LogP contribution in [0.2, 0.25) is 0 Å². The van der Waals surface area contributed by atoms with E-state index in [1.54, 1.807) is 6.26 Å². The largest absolute Gasteiger partial charge is 0.467 e. The predicted octanol–water partition coefficient (Wildman–Crippen LogP) is 3.75. The molecular formula is C17H22N2O. The van der Waals surface area contributed by atoms with Crippen LogP contribution in [0.1, 0.15) is 54.3 Å². The van der Waals surface area contributed by atoms with Crippen molar-refractivity contribution >= 4 is 0 Å². The molecule has 3 nitrogen and oxygen atoms in total. The van der Waals surface area contributed by atoms with Gasteiger partial charge in [-0.3, -0.25) is 4.98 Å². The Kier molecular flexibility index (Phi) is 3.88. The van der Waals surface area contributed by atoms with Crippen molar-refractivity contribution in [2.24, 2.45) is 0 Å². The standard InChI is InChI=1S/C17H22N2O/c1-3-18-16(17-12(2)9-11-20-17)14-8-4-6-13-7-5-10-19-15(13)14/h5,7,9-11,14,16,18H,3-4,6,8H2,1-2H3. The quantitative estimate of drug-likeness (QED) is 0.919. The molecule has 2 aromatic rings. The molecule has 2 aromatic heterocycles. The SMILES string of the molecule is CCNC(c1occc1C)C1CCCc2cccnc21. The van der Waals surface area contributed by atoms with E-state index in [1.165, 1.54) is 29.7 Å². The Morgan fingerprint density at radius 1 is 1.45 bits per heavy atom. The molecule has 1 N–H and O–H groups in total. The Bertz CT molecular complexity index is 576. The minimum absolute atomic E-state index is 0.226. The van der Waals surface area contributed by atoms with Gasteiger partial charge in [-0.2, -0.15) is 0 Å². The lowest BCUT2D eigenvalue weighted by molar-refractivity contribution is 0.339. The third kappa shape index (κ3) is 2.38. The summed E-state index contributed by atoms with van der Waals surface area (Å²) in [6.45, 7) is 5.20. The van der Waals surface area contributed by atoms with Crippen LogP contribution in [0.25, 0.3) is 0 Å². The van der Waals surface area contributed by atoms with Gasteiger partial charge in [-0.15, -0.1) is 0 Å². The van der Waals surface area contributed by atoms with Crippen molar-refractivity contribution in [3.8, 4) is 0 Å². The molecule has 0 saturated heterocycles. The number of nitrogens with one attached hydrogen (secondary N) is 1. The molecule has 0 fully saturated rings. The van der Waals surface area contributed by atoms with Crippen LogP contribution in [0.5, 0.6) is 0 Å². The molecule has 0 spiro atoms. The number of hydrogen-bond donors (Lipinski definition) is 1. The lowest BCUT2D eigenvalue weighted by atomic mass is 9.80. The average molecular weight is 270 g/mol. The van der Waals surface area contributed by atoms with Crippen molar-refractivity contribution in [3.05, 3.63) is 53.2 Å². The summed E-state index contributed by atoms with van der Waals surface area (Å²) in [7, 11) is 0. The number of furan rings is 1. The minimum Gasteiger partial charge on any atom is -0.467 e. The first-order valence-electron chi connectivity index (χ1n) is 7.52. The Morgan fingerprint density at radius 2 is 2.35 bits per heavy atom. The van der Waals surface area contributed by atoms with Crippen LogP contribution in [-0.4, -0.2) is 11.5 Å². The first-order chi connectivity index (χ1) is 9.81. The lowest BCUT2D eigenvalue weighted by Gasteiger charge is -2.31. The van der Waals surface area contributed by atoms with Crippen molar-refractivity contribution < 1.29 is 4.42 Å². The van der Waals surface area contributed by atoms with Crippen molar-refractivity contribution in [1.29, 1.82) is 0 Å². The highest BCUT2D eigenvalue weighted by atomic mass is 16.3. The summed E-state index contributed by atoms with van der Waals surface area (Å²) in [5.41, 5.74) is 3.87. The predicted molar refractivity (Wildman–Crippen MR) is 79.8 cm³/mol. The number of hydrogen-bond acceptors (Lipinski definition) is 3. The summed E-state index contributed by atoms with van der Waals surface area (Å²) in [6, 6.07) is 6.53. The third-order valence-electron chi connectivity index (χ3n) is 4.25. The van der Waals surface area contributed by atoms with Crippen LogP contribution in [-0.2, 0) is 6.42 Å². The molecule has 0 saturated carbocycles. The van der Waals surface area contributed by atoms with E-state index in [1.807, 2.05) is 18.3 Å². The van der Waals surface area contributed by atoms with Gasteiger partial charge in [0.15, 0.2) is 0 Å². The summed E-state index contributed by atoms with van der Waals surface area (Å²) < 4.78 is 5.76. The molecule has 0 amide bonds. The maximum absolute atomic E-state index is 5.76. The maximum Gasteiger partial charge on any atom is 0.124 e. The molecule has 1 aliphatic carbocycles. The van der Waals surface area contributed by atoms with E-state index in [2.05, 4.69) is 30.2 Å². The van der Waals surface area contributed by atoms with Crippen molar-refractivity contribution in [2.75, 3.05) is 6.54 Å². The highest BCUT2D eigenvalue weighted by Gasteiger charge is 2.32. The smallest absolute Gasteiger partial charge is 0.124 e. The van der Waals surface area contributed by atoms with Gasteiger partial charge in [-0.25, -0.2) is 0 Å². The molecule has 106 valence electrons. The number of aryl methyl sites for hydroxylation is 2. The highest BCUT2D eigenvalue weighted by molar-refractivity contribution is 5.31. The number of nitrogens with zero attached hydrogens (tertiary/aromatic N) is 1. The molecular weight excluding hydrogens is 248 g/mol. The van der Waals surface area contributed by atoms with Gasteiger partial charge in [-0.05, 0) is 56.0 Å². The molecule has 1 aliphatic rings. The molecule has 2 unspecified atom stereocenters. The number of likely N-dealkylation sites (N-methyl/N-ethyl adjacent to an activating group) is 1. The van der Waals surface area contributed by atoms with E-state index in [-0.39, 0.29) is 6.04 Å². The Hall–Kier alpha value is -1.61. The summed E-state index contributed by atoms with van der Waals surface area (Å²) in [6.07, 6.45) is 7.24. The highest BCUT2D eigenvalue weighted by Crippen LogP contribution is 2.40. The summed E-state index contributed by atoms with van der Waals surface area (Å²) >= 11 is 0. The zero-order valence-electron chi connectivity index (χ0n) is 12.2. The van der Waals surface area contributed by atoms with Gasteiger partial charge >= 0.3 is 0 Å². The van der Waals surface area contributed by atoms with Crippen molar-refractivity contribution in [1.82, 2.24) is 10.3 Å². The first kappa shape index (κ1) is 13.4. The molecule has 0 bridgehead atoms. The van der Waals surface area contributed by atoms with E-state index in [0.29, 0.717) is 5.92 Å². The van der Waals surface area contributed by atoms with Gasteiger partial charge in [0, 0.05) is 17.8 Å². The molecule has 2 heterocycles. The third-order valence-corrected chi connectivity index (χ3v) is 4.25. The number of pyridine rings is 1. The van der Waals surface area contributed by atoms with E-state index >= 15 is 0 Å². The number of aromatic nitrogens is 1. The zero-order valence-corrected chi connectivity index (χ0v) is 12.2. The van der Waals surface area contributed by atoms with E-state index in [4.69, 9.17) is 4.42 Å². The second kappa shape index (κ2) is 5.80. The van der Waals surface area contributed by atoms with Crippen LogP contribution in [0.4, 0.5) is 0 Å². The van der Waals surface area contributed by atoms with Crippen LogP contribution in [0, 0.1) is 6.92 Å². The fraction of sp³-hybridized carbons (Fsp3) is 0.471. The van der Waals surface area contributed by atoms with Crippen molar-refractivity contribution in [3.63, 3.8) is 0 Å². The summed E-state index contributed by atoms with van der Waals surface area (Å²) in [5.74, 6) is 1.47. The Balaban J connectivity index is 1.99. The van der Waals surface area contributed by atoms with E-state index in [9.17, 15) is 0 Å². The van der Waals surface area contributed by atoms with Crippen LogP contribution in [0.15, 0.2) is 35.1 Å². The normalized spacial score (nSPS) is 19.6. The van der Waals surface area contributed by atoms with Gasteiger partial charge in [0.1, 0.15) is 5.76 Å². The molecule has 2 atom stereocenters. The fourth-order valence-electron chi connectivity index (χ4n) is 3.31. The second-order valence-corrected chi connectivity index (χ2v) is 5.55. The number of rotatable bonds is 4. The van der Waals surface area contributed by atoms with E-state index in [0.717, 1.165) is 18.7 Å². The minimum atomic E-state index is 0.226. The number of fused-ring (bicyclic) bond motifs is 1. The van der Waals surface area contributed by atoms with Gasteiger partial charge < -0.3 is 9.73 Å².